The van der Waals surface area contributed by atoms with Crippen molar-refractivity contribution in [2.24, 2.45) is 0 Å². The first-order valence-corrected chi connectivity index (χ1v) is 8.06. The molecule has 3 aromatic rings. The molecule has 0 fully saturated rings. The Balaban J connectivity index is 1.99. The highest BCUT2D eigenvalue weighted by atomic mass is 15.5. The van der Waals surface area contributed by atoms with Gasteiger partial charge in [-0.1, -0.05) is 6.92 Å². The molecule has 124 valence electrons. The Labute approximate surface area is 142 Å². The van der Waals surface area contributed by atoms with Crippen molar-refractivity contribution in [2.45, 2.75) is 27.2 Å². The predicted octanol–water partition coefficient (Wildman–Crippen LogP) is 3.22. The van der Waals surface area contributed by atoms with Crippen LogP contribution in [0.15, 0.2) is 43.0 Å². The summed E-state index contributed by atoms with van der Waals surface area (Å²) in [5.74, 6) is 0.750. The van der Waals surface area contributed by atoms with Gasteiger partial charge in [-0.2, -0.15) is 0 Å². The lowest BCUT2D eigenvalue weighted by atomic mass is 10.1. The van der Waals surface area contributed by atoms with Gasteiger partial charge < -0.3 is 5.73 Å². The summed E-state index contributed by atoms with van der Waals surface area (Å²) in [7, 11) is 0. The fraction of sp³-hybridized carbons (Fsp3) is 0.278. The third-order valence-electron chi connectivity index (χ3n) is 3.78. The highest BCUT2D eigenvalue weighted by Crippen LogP contribution is 2.29. The largest absolute Gasteiger partial charge is 0.398 e. The van der Waals surface area contributed by atoms with Crippen LogP contribution in [0.5, 0.6) is 0 Å². The Morgan fingerprint density at radius 3 is 2.62 bits per heavy atom. The summed E-state index contributed by atoms with van der Waals surface area (Å²) in [4.78, 5) is 13.0. The Kier molecular flexibility index (Phi) is 4.46. The number of hydrogen-bond donors (Lipinski definition) is 1. The average molecular weight is 322 g/mol. The highest BCUT2D eigenvalue weighted by Gasteiger charge is 2.12. The number of imidazole rings is 1. The lowest BCUT2D eigenvalue weighted by Gasteiger charge is -2.25. The van der Waals surface area contributed by atoms with E-state index in [1.165, 1.54) is 0 Å². The van der Waals surface area contributed by atoms with Crippen molar-refractivity contribution in [3.05, 3.63) is 54.5 Å². The minimum Gasteiger partial charge on any atom is -0.398 e. The molecule has 2 heterocycles. The molecule has 3 rings (SSSR count). The van der Waals surface area contributed by atoms with E-state index in [0.717, 1.165) is 41.4 Å². The fourth-order valence-electron chi connectivity index (χ4n) is 2.78. The number of rotatable bonds is 5. The van der Waals surface area contributed by atoms with Crippen LogP contribution in [0.1, 0.15) is 24.9 Å². The van der Waals surface area contributed by atoms with Crippen LogP contribution in [-0.4, -0.2) is 26.2 Å². The predicted molar refractivity (Wildman–Crippen MR) is 96.6 cm³/mol. The summed E-state index contributed by atoms with van der Waals surface area (Å²) in [6, 6.07) is 8.02. The number of nitrogen functional groups attached to an aromatic ring is 1. The summed E-state index contributed by atoms with van der Waals surface area (Å²) >= 11 is 0. The average Bonchev–Trinajstić information content (AvgIpc) is 3.05. The van der Waals surface area contributed by atoms with E-state index >= 15 is 0 Å². The van der Waals surface area contributed by atoms with Crippen LogP contribution < -0.4 is 10.7 Å². The Hall–Kier alpha value is -2.89. The molecular formula is C18H22N6. The van der Waals surface area contributed by atoms with Crippen molar-refractivity contribution in [3.63, 3.8) is 0 Å². The molecule has 0 atom stereocenters. The van der Waals surface area contributed by atoms with Crippen molar-refractivity contribution in [3.8, 4) is 11.3 Å². The van der Waals surface area contributed by atoms with Crippen molar-refractivity contribution >= 4 is 11.4 Å². The minimum absolute atomic E-state index is 0.700. The lowest BCUT2D eigenvalue weighted by Crippen LogP contribution is -2.29. The molecule has 0 amide bonds. The Morgan fingerprint density at radius 1 is 1.17 bits per heavy atom. The van der Waals surface area contributed by atoms with Gasteiger partial charge in [-0.05, 0) is 44.5 Å². The van der Waals surface area contributed by atoms with E-state index in [2.05, 4.69) is 33.0 Å². The maximum atomic E-state index is 6.33. The first-order chi connectivity index (χ1) is 11.6. The van der Waals surface area contributed by atoms with Gasteiger partial charge in [0, 0.05) is 35.9 Å². The van der Waals surface area contributed by atoms with Gasteiger partial charge >= 0.3 is 0 Å². The fourth-order valence-corrected chi connectivity index (χ4v) is 2.78. The van der Waals surface area contributed by atoms with Gasteiger partial charge in [0.25, 0.3) is 0 Å². The van der Waals surface area contributed by atoms with Gasteiger partial charge in [-0.25, -0.2) is 19.6 Å². The second-order valence-corrected chi connectivity index (χ2v) is 5.78. The summed E-state index contributed by atoms with van der Waals surface area (Å²) in [6.07, 6.45) is 6.50. The summed E-state index contributed by atoms with van der Waals surface area (Å²) in [5, 5.41) is 2.14. The molecule has 2 aromatic heterocycles. The third-order valence-corrected chi connectivity index (χ3v) is 3.78. The quantitative estimate of drug-likeness (QED) is 0.730. The molecule has 0 saturated carbocycles. The van der Waals surface area contributed by atoms with Gasteiger partial charge in [0.05, 0.1) is 11.4 Å². The van der Waals surface area contributed by atoms with Crippen LogP contribution in [0.4, 0.5) is 11.4 Å². The second kappa shape index (κ2) is 6.70. The molecule has 0 unspecified atom stereocenters. The summed E-state index contributed by atoms with van der Waals surface area (Å²) < 4.78 is 1.97. The Bertz CT molecular complexity index is 805. The van der Waals surface area contributed by atoms with E-state index in [9.17, 15) is 0 Å². The molecule has 0 aliphatic heterocycles. The zero-order valence-electron chi connectivity index (χ0n) is 14.3. The van der Waals surface area contributed by atoms with E-state index in [0.29, 0.717) is 5.69 Å². The minimum atomic E-state index is 0.700. The molecular weight excluding hydrogens is 300 g/mol. The Morgan fingerprint density at radius 2 is 2.00 bits per heavy atom. The number of nitrogens with zero attached hydrogens (tertiary/aromatic N) is 5. The summed E-state index contributed by atoms with van der Waals surface area (Å²) in [6.45, 7) is 6.88. The lowest BCUT2D eigenvalue weighted by molar-refractivity contribution is 0.675. The first-order valence-electron chi connectivity index (χ1n) is 8.06. The number of aromatic nitrogens is 4. The van der Waals surface area contributed by atoms with Gasteiger partial charge in [0.15, 0.2) is 0 Å². The zero-order chi connectivity index (χ0) is 17.1. The molecule has 0 bridgehead atoms. The van der Waals surface area contributed by atoms with Gasteiger partial charge in [0.2, 0.25) is 0 Å². The first kappa shape index (κ1) is 16.0. The van der Waals surface area contributed by atoms with Crippen LogP contribution >= 0.6 is 0 Å². The number of anilines is 2. The highest BCUT2D eigenvalue weighted by molar-refractivity contribution is 5.77. The molecule has 6 nitrogen and oxygen atoms in total. The second-order valence-electron chi connectivity index (χ2n) is 5.78. The van der Waals surface area contributed by atoms with Crippen LogP contribution in [0, 0.1) is 13.8 Å². The van der Waals surface area contributed by atoms with Crippen molar-refractivity contribution in [1.29, 1.82) is 0 Å². The van der Waals surface area contributed by atoms with Crippen LogP contribution in [-0.2, 0) is 0 Å². The topological polar surface area (TPSA) is 72.9 Å². The molecule has 0 aliphatic carbocycles. The molecule has 0 radical (unpaired) electrons. The monoisotopic (exact) mass is 322 g/mol. The van der Waals surface area contributed by atoms with Crippen LogP contribution in [0.3, 0.4) is 0 Å². The normalized spacial score (nSPS) is 10.8. The SMILES string of the molecule is CCCN(c1ccc(-c2cc(C)nc(C)n2)c(N)c1)n1ccnc1. The van der Waals surface area contributed by atoms with Crippen LogP contribution in [0.2, 0.25) is 0 Å². The third kappa shape index (κ3) is 3.22. The van der Waals surface area contributed by atoms with E-state index in [-0.39, 0.29) is 0 Å². The number of aryl methyl sites for hydroxylation is 2. The maximum Gasteiger partial charge on any atom is 0.126 e. The van der Waals surface area contributed by atoms with Crippen LogP contribution in [0.25, 0.3) is 11.3 Å². The van der Waals surface area contributed by atoms with E-state index in [1.54, 1.807) is 12.5 Å². The zero-order valence-corrected chi connectivity index (χ0v) is 14.3. The molecule has 0 saturated heterocycles. The molecule has 0 aliphatic rings. The standard InChI is InChI=1S/C18H22N6/c1-4-8-24(23-9-7-20-12-23)15-5-6-16(17(19)11-15)18-10-13(2)21-14(3)22-18/h5-7,9-12H,4,8,19H2,1-3H3. The van der Waals surface area contributed by atoms with E-state index in [4.69, 9.17) is 5.73 Å². The van der Waals surface area contributed by atoms with Crippen molar-refractivity contribution in [2.75, 3.05) is 17.3 Å². The molecule has 6 heteroatoms. The van der Waals surface area contributed by atoms with E-state index < -0.39 is 0 Å². The van der Waals surface area contributed by atoms with Gasteiger partial charge in [0.1, 0.15) is 12.2 Å². The number of benzene rings is 1. The smallest absolute Gasteiger partial charge is 0.126 e. The molecule has 1 aromatic carbocycles. The molecule has 2 N–H and O–H groups in total. The van der Waals surface area contributed by atoms with Gasteiger partial charge in [-0.3, -0.25) is 5.01 Å². The van der Waals surface area contributed by atoms with Crippen molar-refractivity contribution < 1.29 is 0 Å². The molecule has 24 heavy (non-hydrogen) atoms. The number of hydrogen-bond acceptors (Lipinski definition) is 5. The van der Waals surface area contributed by atoms with Gasteiger partial charge in [-0.15, -0.1) is 0 Å². The maximum absolute atomic E-state index is 6.33. The number of nitrogens with two attached hydrogens (primary N) is 1. The van der Waals surface area contributed by atoms with E-state index in [1.807, 2.05) is 42.9 Å². The summed E-state index contributed by atoms with van der Waals surface area (Å²) in [5.41, 5.74) is 10.8. The molecule has 0 spiro atoms. The van der Waals surface area contributed by atoms with Crippen molar-refractivity contribution in [1.82, 2.24) is 19.6 Å².